The number of halogens is 1. The molecule has 1 saturated heterocycles. The number of hydrogen-bond donors (Lipinski definition) is 1. The van der Waals surface area contributed by atoms with Gasteiger partial charge in [0.05, 0.1) is 28.3 Å². The Kier molecular flexibility index (Phi) is 4.67. The Balaban J connectivity index is 1.57. The highest BCUT2D eigenvalue weighted by Crippen LogP contribution is 2.36. The number of fused-ring (bicyclic) bond motifs is 1. The van der Waals surface area contributed by atoms with E-state index in [0.717, 1.165) is 39.2 Å². The summed E-state index contributed by atoms with van der Waals surface area (Å²) < 4.78 is 1.72. The van der Waals surface area contributed by atoms with E-state index in [2.05, 4.69) is 16.7 Å². The monoisotopic (exact) mass is 431 g/mol. The molecule has 5 rings (SSSR count). The first-order valence-electron chi connectivity index (χ1n) is 10.2. The largest absolute Gasteiger partial charge is 0.340 e. The van der Waals surface area contributed by atoms with Gasteiger partial charge in [0.15, 0.2) is 0 Å². The number of amides is 1. The molecule has 0 aliphatic carbocycles. The molecule has 6 nitrogen and oxygen atoms in total. The first-order chi connectivity index (χ1) is 14.9. The predicted molar refractivity (Wildman–Crippen MR) is 122 cm³/mol. The van der Waals surface area contributed by atoms with Crippen LogP contribution in [-0.2, 0) is 0 Å². The van der Waals surface area contributed by atoms with Crippen LogP contribution < -0.4 is 0 Å². The third kappa shape index (κ3) is 3.33. The summed E-state index contributed by atoms with van der Waals surface area (Å²) in [6, 6.07) is 11.2. The number of nitrogens with zero attached hydrogens (tertiary/aromatic N) is 4. The highest BCUT2D eigenvalue weighted by atomic mass is 35.5. The number of imidazole rings is 1. The lowest BCUT2D eigenvalue weighted by atomic mass is 10.1. The molecule has 1 aliphatic heterocycles. The van der Waals surface area contributed by atoms with Gasteiger partial charge in [-0.3, -0.25) is 4.79 Å². The first kappa shape index (κ1) is 19.6. The molecule has 2 aromatic carbocycles. The average molecular weight is 432 g/mol. The maximum Gasteiger partial charge on any atom is 0.256 e. The van der Waals surface area contributed by atoms with Gasteiger partial charge < -0.3 is 9.88 Å². The highest BCUT2D eigenvalue weighted by molar-refractivity contribution is 6.32. The molecule has 1 amide bonds. The molecule has 0 radical (unpaired) electrons. The van der Waals surface area contributed by atoms with Crippen molar-refractivity contribution in [2.45, 2.75) is 26.3 Å². The van der Waals surface area contributed by atoms with Gasteiger partial charge in [-0.05, 0) is 56.2 Å². The summed E-state index contributed by atoms with van der Waals surface area (Å²) in [5.74, 6) is 0.689. The Hall–Kier alpha value is -3.38. The van der Waals surface area contributed by atoms with Crippen molar-refractivity contribution in [2.75, 3.05) is 6.54 Å². The maximum atomic E-state index is 13.8. The number of nitrogens with one attached hydrogen (secondary N) is 1. The van der Waals surface area contributed by atoms with Gasteiger partial charge in [0.1, 0.15) is 5.82 Å². The van der Waals surface area contributed by atoms with Crippen molar-refractivity contribution < 1.29 is 4.79 Å². The molecule has 0 spiro atoms. The van der Waals surface area contributed by atoms with Gasteiger partial charge in [-0.15, -0.1) is 0 Å². The van der Waals surface area contributed by atoms with Crippen molar-refractivity contribution in [3.8, 4) is 5.69 Å². The second-order valence-electron chi connectivity index (χ2n) is 8.06. The SMILES string of the molecule is C=C1CC(c2nc3ccc(Cl)c(C)c3[nH]2)N(C(=O)c2cc(C)ccc2-n2cccn2)C1. The summed E-state index contributed by atoms with van der Waals surface area (Å²) in [5.41, 5.74) is 6.08. The van der Waals surface area contributed by atoms with Crippen LogP contribution in [0, 0.1) is 13.8 Å². The molecule has 2 aromatic heterocycles. The fourth-order valence-corrected chi connectivity index (χ4v) is 4.37. The molecule has 1 N–H and O–H groups in total. The summed E-state index contributed by atoms with van der Waals surface area (Å²) in [4.78, 5) is 23.8. The maximum absolute atomic E-state index is 13.8. The van der Waals surface area contributed by atoms with Crippen molar-refractivity contribution in [1.82, 2.24) is 24.6 Å². The van der Waals surface area contributed by atoms with Crippen molar-refractivity contribution >= 4 is 28.5 Å². The lowest BCUT2D eigenvalue weighted by molar-refractivity contribution is 0.0732. The summed E-state index contributed by atoms with van der Waals surface area (Å²) in [6.45, 7) is 8.60. The van der Waals surface area contributed by atoms with Gasteiger partial charge >= 0.3 is 0 Å². The predicted octanol–water partition coefficient (Wildman–Crippen LogP) is 5.16. The minimum atomic E-state index is -0.212. The molecule has 1 atom stereocenters. The Labute approximate surface area is 185 Å². The molecule has 0 saturated carbocycles. The van der Waals surface area contributed by atoms with Crippen LogP contribution in [0.4, 0.5) is 0 Å². The highest BCUT2D eigenvalue weighted by Gasteiger charge is 2.35. The number of aryl methyl sites for hydroxylation is 2. The Morgan fingerprint density at radius 1 is 1.26 bits per heavy atom. The number of hydrogen-bond acceptors (Lipinski definition) is 3. The second kappa shape index (κ2) is 7.39. The van der Waals surface area contributed by atoms with E-state index in [9.17, 15) is 4.79 Å². The van der Waals surface area contributed by atoms with E-state index in [-0.39, 0.29) is 11.9 Å². The van der Waals surface area contributed by atoms with Crippen LogP contribution in [0.15, 0.2) is 60.9 Å². The molecule has 1 unspecified atom stereocenters. The van der Waals surface area contributed by atoms with Crippen LogP contribution in [0.2, 0.25) is 5.02 Å². The number of rotatable bonds is 3. The zero-order valence-electron chi connectivity index (χ0n) is 17.4. The Morgan fingerprint density at radius 2 is 2.10 bits per heavy atom. The Morgan fingerprint density at radius 3 is 2.87 bits per heavy atom. The van der Waals surface area contributed by atoms with E-state index in [1.165, 1.54) is 0 Å². The number of aromatic amines is 1. The van der Waals surface area contributed by atoms with E-state index in [0.29, 0.717) is 23.6 Å². The van der Waals surface area contributed by atoms with Crippen molar-refractivity contribution in [2.24, 2.45) is 0 Å². The molecule has 156 valence electrons. The quantitative estimate of drug-likeness (QED) is 0.455. The smallest absolute Gasteiger partial charge is 0.256 e. The number of H-pyrrole nitrogens is 1. The average Bonchev–Trinajstić information content (AvgIpc) is 3.49. The van der Waals surface area contributed by atoms with E-state index < -0.39 is 0 Å². The summed E-state index contributed by atoms with van der Waals surface area (Å²) in [6.07, 6.45) is 4.21. The molecule has 31 heavy (non-hydrogen) atoms. The lowest BCUT2D eigenvalue weighted by Crippen LogP contribution is -2.32. The summed E-state index contributed by atoms with van der Waals surface area (Å²) in [5, 5.41) is 5.01. The molecule has 4 aromatic rings. The zero-order chi connectivity index (χ0) is 21.7. The molecule has 1 fully saturated rings. The van der Waals surface area contributed by atoms with Crippen LogP contribution in [0.1, 0.15) is 39.8 Å². The third-order valence-electron chi connectivity index (χ3n) is 5.83. The first-order valence-corrected chi connectivity index (χ1v) is 10.5. The molecule has 0 bridgehead atoms. The molecular weight excluding hydrogens is 410 g/mol. The van der Waals surface area contributed by atoms with E-state index in [1.807, 2.05) is 61.3 Å². The number of aromatic nitrogens is 4. The van der Waals surface area contributed by atoms with Gasteiger partial charge in [-0.25, -0.2) is 9.67 Å². The number of carbonyl (C=O) groups is 1. The van der Waals surface area contributed by atoms with Gasteiger partial charge in [-0.2, -0.15) is 5.10 Å². The second-order valence-corrected chi connectivity index (χ2v) is 8.47. The van der Waals surface area contributed by atoms with Crippen molar-refractivity contribution in [3.63, 3.8) is 0 Å². The van der Waals surface area contributed by atoms with Crippen LogP contribution >= 0.6 is 11.6 Å². The van der Waals surface area contributed by atoms with Gasteiger partial charge in [0.25, 0.3) is 5.91 Å². The standard InChI is InChI=1S/C24H22ClN5O/c1-14-5-8-20(30-10-4-9-26-30)17(11-14)24(31)29-13-15(2)12-21(29)23-27-19-7-6-18(25)16(3)22(19)28-23/h4-11,21H,2,12-13H2,1,3H3,(H,27,28). The topological polar surface area (TPSA) is 66.8 Å². The number of benzene rings is 2. The molecule has 3 heterocycles. The minimum Gasteiger partial charge on any atom is -0.340 e. The molecule has 7 heteroatoms. The zero-order valence-corrected chi connectivity index (χ0v) is 18.1. The molecular formula is C24H22ClN5O. The van der Waals surface area contributed by atoms with E-state index >= 15 is 0 Å². The van der Waals surface area contributed by atoms with Gasteiger partial charge in [-0.1, -0.05) is 35.4 Å². The van der Waals surface area contributed by atoms with Crippen LogP contribution in [-0.4, -0.2) is 37.1 Å². The fraction of sp³-hybridized carbons (Fsp3) is 0.208. The Bertz CT molecular complexity index is 1320. The fourth-order valence-electron chi connectivity index (χ4n) is 4.21. The summed E-state index contributed by atoms with van der Waals surface area (Å²) >= 11 is 6.29. The van der Waals surface area contributed by atoms with Crippen molar-refractivity contribution in [1.29, 1.82) is 0 Å². The van der Waals surface area contributed by atoms with Gasteiger partial charge in [0, 0.05) is 24.0 Å². The van der Waals surface area contributed by atoms with Crippen LogP contribution in [0.25, 0.3) is 16.7 Å². The number of likely N-dealkylation sites (tertiary alicyclic amines) is 1. The number of carbonyl (C=O) groups excluding carboxylic acids is 1. The van der Waals surface area contributed by atoms with Crippen LogP contribution in [0.5, 0.6) is 0 Å². The minimum absolute atomic E-state index is 0.0620. The lowest BCUT2D eigenvalue weighted by Gasteiger charge is -2.24. The van der Waals surface area contributed by atoms with E-state index in [1.54, 1.807) is 10.9 Å². The van der Waals surface area contributed by atoms with Gasteiger partial charge in [0.2, 0.25) is 0 Å². The van der Waals surface area contributed by atoms with Crippen molar-refractivity contribution in [3.05, 3.63) is 88.5 Å². The third-order valence-corrected chi connectivity index (χ3v) is 6.24. The van der Waals surface area contributed by atoms with Crippen LogP contribution in [0.3, 0.4) is 0 Å². The normalized spacial score (nSPS) is 16.4. The molecule has 1 aliphatic rings. The van der Waals surface area contributed by atoms with E-state index in [4.69, 9.17) is 16.6 Å². The summed E-state index contributed by atoms with van der Waals surface area (Å²) in [7, 11) is 0.